The predicted molar refractivity (Wildman–Crippen MR) is 103 cm³/mol. The van der Waals surface area contributed by atoms with E-state index in [0.29, 0.717) is 12.4 Å². The van der Waals surface area contributed by atoms with E-state index in [-0.39, 0.29) is 11.9 Å². The van der Waals surface area contributed by atoms with E-state index in [0.717, 1.165) is 30.4 Å². The summed E-state index contributed by atoms with van der Waals surface area (Å²) in [5.41, 5.74) is 3.23. The maximum atomic E-state index is 9.34. The molecule has 134 valence electrons. The number of phenolic OH excluding ortho intramolecular Hbond substituents is 1. The minimum atomic E-state index is 0.229. The maximum Gasteiger partial charge on any atom is 0.159 e. The second kappa shape index (κ2) is 9.11. The Morgan fingerprint density at radius 2 is 1.62 bits per heavy atom. The van der Waals surface area contributed by atoms with Crippen molar-refractivity contribution in [1.82, 2.24) is 9.97 Å². The first kappa shape index (κ1) is 18.1. The van der Waals surface area contributed by atoms with E-state index in [1.165, 1.54) is 5.56 Å². The van der Waals surface area contributed by atoms with E-state index < -0.39 is 0 Å². The molecule has 0 saturated carbocycles. The summed E-state index contributed by atoms with van der Waals surface area (Å²) in [6.07, 6.45) is 6.97. The number of nitrogens with zero attached hydrogens (tertiary/aromatic N) is 2. The van der Waals surface area contributed by atoms with Crippen molar-refractivity contribution in [2.24, 2.45) is 0 Å². The lowest BCUT2D eigenvalue weighted by atomic mass is 10.1. The van der Waals surface area contributed by atoms with Crippen LogP contribution in [0.4, 0.5) is 0 Å². The Balaban J connectivity index is 1.42. The van der Waals surface area contributed by atoms with Crippen LogP contribution in [0, 0.1) is 0 Å². The Morgan fingerprint density at radius 3 is 2.31 bits per heavy atom. The number of aromatic nitrogens is 2. The molecule has 3 aromatic rings. The SMILES string of the molecule is CC(CCCc1cnc(-c2ccc(O)cc2)nc1)OCc1ccccc1. The van der Waals surface area contributed by atoms with Crippen molar-refractivity contribution in [3.8, 4) is 17.1 Å². The first-order valence-electron chi connectivity index (χ1n) is 8.96. The van der Waals surface area contributed by atoms with Gasteiger partial charge in [-0.05, 0) is 61.6 Å². The first-order chi connectivity index (χ1) is 12.7. The molecule has 1 unspecified atom stereocenters. The summed E-state index contributed by atoms with van der Waals surface area (Å²) in [6, 6.07) is 17.2. The fourth-order valence-corrected chi connectivity index (χ4v) is 2.73. The largest absolute Gasteiger partial charge is 0.508 e. The fraction of sp³-hybridized carbons (Fsp3) is 0.273. The zero-order valence-electron chi connectivity index (χ0n) is 15.0. The van der Waals surface area contributed by atoms with Gasteiger partial charge in [-0.1, -0.05) is 30.3 Å². The van der Waals surface area contributed by atoms with Crippen molar-refractivity contribution in [3.63, 3.8) is 0 Å². The molecule has 1 heterocycles. The molecule has 0 amide bonds. The van der Waals surface area contributed by atoms with Gasteiger partial charge in [0, 0.05) is 18.0 Å². The predicted octanol–water partition coefficient (Wildman–Crippen LogP) is 4.78. The maximum absolute atomic E-state index is 9.34. The van der Waals surface area contributed by atoms with Crippen LogP contribution in [0.2, 0.25) is 0 Å². The lowest BCUT2D eigenvalue weighted by molar-refractivity contribution is 0.0464. The van der Waals surface area contributed by atoms with E-state index in [1.54, 1.807) is 12.1 Å². The van der Waals surface area contributed by atoms with Gasteiger partial charge < -0.3 is 9.84 Å². The summed E-state index contributed by atoms with van der Waals surface area (Å²) in [4.78, 5) is 8.86. The molecule has 0 fully saturated rings. The lowest BCUT2D eigenvalue weighted by Crippen LogP contribution is -2.08. The molecule has 4 heteroatoms. The van der Waals surface area contributed by atoms with Gasteiger partial charge in [-0.3, -0.25) is 0 Å². The molecule has 26 heavy (non-hydrogen) atoms. The van der Waals surface area contributed by atoms with Crippen LogP contribution in [0.15, 0.2) is 67.0 Å². The van der Waals surface area contributed by atoms with Gasteiger partial charge in [0.25, 0.3) is 0 Å². The Morgan fingerprint density at radius 1 is 0.923 bits per heavy atom. The summed E-state index contributed by atoms with van der Waals surface area (Å²) < 4.78 is 5.90. The third kappa shape index (κ3) is 5.39. The number of phenols is 1. The van der Waals surface area contributed by atoms with Gasteiger partial charge in [-0.25, -0.2) is 9.97 Å². The van der Waals surface area contributed by atoms with Crippen LogP contribution >= 0.6 is 0 Å². The van der Waals surface area contributed by atoms with Gasteiger partial charge in [0.15, 0.2) is 5.82 Å². The van der Waals surface area contributed by atoms with Crippen LogP contribution in [0.25, 0.3) is 11.4 Å². The smallest absolute Gasteiger partial charge is 0.159 e. The van der Waals surface area contributed by atoms with Gasteiger partial charge in [0.2, 0.25) is 0 Å². The third-order valence-corrected chi connectivity index (χ3v) is 4.28. The molecule has 0 bridgehead atoms. The molecule has 1 N–H and O–H groups in total. The van der Waals surface area contributed by atoms with Crippen LogP contribution < -0.4 is 0 Å². The van der Waals surface area contributed by atoms with E-state index >= 15 is 0 Å². The number of aromatic hydroxyl groups is 1. The zero-order valence-corrected chi connectivity index (χ0v) is 15.0. The molecule has 0 radical (unpaired) electrons. The Bertz CT molecular complexity index is 787. The topological polar surface area (TPSA) is 55.2 Å². The summed E-state index contributed by atoms with van der Waals surface area (Å²) in [5.74, 6) is 0.919. The summed E-state index contributed by atoms with van der Waals surface area (Å²) in [5, 5.41) is 9.34. The Kier molecular flexibility index (Phi) is 6.34. The van der Waals surface area contributed by atoms with Crippen LogP contribution in [-0.2, 0) is 17.8 Å². The molecule has 0 aliphatic carbocycles. The number of ether oxygens (including phenoxy) is 1. The average Bonchev–Trinajstić information content (AvgIpc) is 2.68. The minimum Gasteiger partial charge on any atom is -0.508 e. The van der Waals surface area contributed by atoms with Crippen LogP contribution in [0.1, 0.15) is 30.9 Å². The standard InChI is InChI=1S/C22H24N2O2/c1-17(26-16-18-7-3-2-4-8-18)6-5-9-19-14-23-22(24-15-19)20-10-12-21(25)13-11-20/h2-4,7-8,10-15,17,25H,5-6,9,16H2,1H3. The molecular weight excluding hydrogens is 324 g/mol. The molecule has 1 atom stereocenters. The number of hydrogen-bond acceptors (Lipinski definition) is 4. The summed E-state index contributed by atoms with van der Waals surface area (Å²) >= 11 is 0. The lowest BCUT2D eigenvalue weighted by Gasteiger charge is -2.13. The Hall–Kier alpha value is -2.72. The van der Waals surface area contributed by atoms with Gasteiger partial charge in [-0.15, -0.1) is 0 Å². The Labute approximate surface area is 154 Å². The first-order valence-corrected chi connectivity index (χ1v) is 8.96. The molecular formula is C22H24N2O2. The molecule has 0 saturated heterocycles. The van der Waals surface area contributed by atoms with Crippen molar-refractivity contribution < 1.29 is 9.84 Å². The van der Waals surface area contributed by atoms with E-state index in [2.05, 4.69) is 29.0 Å². The van der Waals surface area contributed by atoms with Gasteiger partial charge >= 0.3 is 0 Å². The minimum absolute atomic E-state index is 0.229. The van der Waals surface area contributed by atoms with Crippen LogP contribution in [0.5, 0.6) is 5.75 Å². The normalized spacial score (nSPS) is 12.0. The number of aryl methyl sites for hydroxylation is 1. The highest BCUT2D eigenvalue weighted by Gasteiger charge is 2.05. The van der Waals surface area contributed by atoms with Crippen molar-refractivity contribution in [2.45, 2.75) is 38.9 Å². The van der Waals surface area contributed by atoms with E-state index in [4.69, 9.17) is 4.74 Å². The van der Waals surface area contributed by atoms with Crippen LogP contribution in [0.3, 0.4) is 0 Å². The van der Waals surface area contributed by atoms with Gasteiger partial charge in [-0.2, -0.15) is 0 Å². The number of hydrogen-bond donors (Lipinski definition) is 1. The third-order valence-electron chi connectivity index (χ3n) is 4.28. The molecule has 4 nitrogen and oxygen atoms in total. The van der Waals surface area contributed by atoms with Crippen molar-refractivity contribution >= 4 is 0 Å². The molecule has 0 aliphatic heterocycles. The van der Waals surface area contributed by atoms with E-state index in [1.807, 2.05) is 42.7 Å². The van der Waals surface area contributed by atoms with Gasteiger partial charge in [0.1, 0.15) is 5.75 Å². The quantitative estimate of drug-likeness (QED) is 0.637. The molecule has 2 aromatic carbocycles. The number of benzene rings is 2. The highest BCUT2D eigenvalue weighted by atomic mass is 16.5. The summed E-state index contributed by atoms with van der Waals surface area (Å²) in [6.45, 7) is 2.78. The second-order valence-corrected chi connectivity index (χ2v) is 6.46. The molecule has 0 spiro atoms. The molecule has 1 aromatic heterocycles. The molecule has 0 aliphatic rings. The highest BCUT2D eigenvalue weighted by molar-refractivity contribution is 5.55. The van der Waals surface area contributed by atoms with Crippen molar-refractivity contribution in [1.29, 1.82) is 0 Å². The number of rotatable bonds is 8. The monoisotopic (exact) mass is 348 g/mol. The molecule has 3 rings (SSSR count). The van der Waals surface area contributed by atoms with Gasteiger partial charge in [0.05, 0.1) is 12.7 Å². The zero-order chi connectivity index (χ0) is 18.2. The summed E-state index contributed by atoms with van der Waals surface area (Å²) in [7, 11) is 0. The highest BCUT2D eigenvalue weighted by Crippen LogP contribution is 2.18. The average molecular weight is 348 g/mol. The van der Waals surface area contributed by atoms with Crippen molar-refractivity contribution in [2.75, 3.05) is 0 Å². The van der Waals surface area contributed by atoms with Crippen molar-refractivity contribution in [3.05, 3.63) is 78.1 Å². The second-order valence-electron chi connectivity index (χ2n) is 6.46. The van der Waals surface area contributed by atoms with E-state index in [9.17, 15) is 5.11 Å². The fourth-order valence-electron chi connectivity index (χ4n) is 2.73. The van der Waals surface area contributed by atoms with Crippen LogP contribution in [-0.4, -0.2) is 21.2 Å².